The van der Waals surface area contributed by atoms with Crippen LogP contribution in [0.25, 0.3) is 0 Å². The Kier molecular flexibility index (Phi) is 3.34. The van der Waals surface area contributed by atoms with Crippen molar-refractivity contribution in [1.82, 2.24) is 14.7 Å². The summed E-state index contributed by atoms with van der Waals surface area (Å²) >= 11 is 0. The van der Waals surface area contributed by atoms with Crippen molar-refractivity contribution in [3.8, 4) is 0 Å². The number of aromatic nitrogens is 2. The lowest BCUT2D eigenvalue weighted by Crippen LogP contribution is -2.56. The van der Waals surface area contributed by atoms with E-state index in [-0.39, 0.29) is 5.91 Å². The lowest BCUT2D eigenvalue weighted by atomic mass is 9.76. The van der Waals surface area contributed by atoms with Crippen LogP contribution in [0, 0.1) is 5.41 Å². The molecular formula is C13H19N3O3. The highest BCUT2D eigenvalue weighted by atomic mass is 16.4. The average molecular weight is 265 g/mol. The van der Waals surface area contributed by atoms with Crippen molar-refractivity contribution in [2.45, 2.75) is 32.7 Å². The van der Waals surface area contributed by atoms with Crippen LogP contribution in [0.4, 0.5) is 0 Å². The Morgan fingerprint density at radius 1 is 1.47 bits per heavy atom. The molecule has 1 aromatic heterocycles. The summed E-state index contributed by atoms with van der Waals surface area (Å²) in [6, 6.07) is -0.783. The van der Waals surface area contributed by atoms with Crippen molar-refractivity contribution >= 4 is 11.9 Å². The Morgan fingerprint density at radius 3 is 2.68 bits per heavy atom. The van der Waals surface area contributed by atoms with E-state index in [0.717, 1.165) is 12.8 Å². The van der Waals surface area contributed by atoms with Gasteiger partial charge in [-0.2, -0.15) is 5.10 Å². The second-order valence-electron chi connectivity index (χ2n) is 5.73. The summed E-state index contributed by atoms with van der Waals surface area (Å²) in [6.07, 6.45) is 4.72. The van der Waals surface area contributed by atoms with Crippen LogP contribution >= 0.6 is 0 Å². The molecule has 1 N–H and O–H groups in total. The largest absolute Gasteiger partial charge is 0.480 e. The van der Waals surface area contributed by atoms with Crippen LogP contribution in [-0.2, 0) is 11.8 Å². The molecule has 6 nitrogen and oxygen atoms in total. The van der Waals surface area contributed by atoms with E-state index in [9.17, 15) is 14.7 Å². The van der Waals surface area contributed by atoms with Crippen LogP contribution in [0.5, 0.6) is 0 Å². The Hall–Kier alpha value is -1.85. The first-order chi connectivity index (χ1) is 8.83. The molecule has 0 aromatic carbocycles. The number of hydrogen-bond donors (Lipinski definition) is 1. The fourth-order valence-electron chi connectivity index (χ4n) is 2.78. The van der Waals surface area contributed by atoms with Gasteiger partial charge in [-0.1, -0.05) is 13.8 Å². The van der Waals surface area contributed by atoms with Crippen LogP contribution in [0.2, 0.25) is 0 Å². The minimum absolute atomic E-state index is 0.256. The number of carbonyl (C=O) groups excluding carboxylic acids is 1. The van der Waals surface area contributed by atoms with Crippen molar-refractivity contribution in [1.29, 1.82) is 0 Å². The number of carboxylic acid groups (broad SMARTS) is 1. The summed E-state index contributed by atoms with van der Waals surface area (Å²) < 4.78 is 1.54. The zero-order chi connectivity index (χ0) is 14.2. The number of hydrogen-bond acceptors (Lipinski definition) is 3. The third-order valence-corrected chi connectivity index (χ3v) is 3.72. The van der Waals surface area contributed by atoms with Gasteiger partial charge in [0.1, 0.15) is 6.04 Å². The molecule has 6 heteroatoms. The second-order valence-corrected chi connectivity index (χ2v) is 5.73. The predicted octanol–water partition coefficient (Wildman–Crippen LogP) is 1.14. The van der Waals surface area contributed by atoms with Crippen LogP contribution in [0.3, 0.4) is 0 Å². The number of rotatable bonds is 2. The van der Waals surface area contributed by atoms with E-state index in [1.54, 1.807) is 13.2 Å². The number of nitrogens with zero attached hydrogens (tertiary/aromatic N) is 3. The SMILES string of the molecule is Cn1cc(C(=O)N2CCCC(C)(C)C2C(=O)O)cn1. The molecule has 0 radical (unpaired) electrons. The maximum atomic E-state index is 12.4. The van der Waals surface area contributed by atoms with Crippen LogP contribution in [0.1, 0.15) is 37.0 Å². The molecule has 1 aromatic rings. The normalized spacial score (nSPS) is 22.3. The maximum absolute atomic E-state index is 12.4. The summed E-state index contributed by atoms with van der Waals surface area (Å²) in [7, 11) is 1.73. The van der Waals surface area contributed by atoms with Crippen molar-refractivity contribution in [3.05, 3.63) is 18.0 Å². The quantitative estimate of drug-likeness (QED) is 0.870. The van der Waals surface area contributed by atoms with Crippen molar-refractivity contribution < 1.29 is 14.7 Å². The predicted molar refractivity (Wildman–Crippen MR) is 68.7 cm³/mol. The van der Waals surface area contributed by atoms with Crippen LogP contribution in [0.15, 0.2) is 12.4 Å². The van der Waals surface area contributed by atoms with Gasteiger partial charge in [0, 0.05) is 19.8 Å². The van der Waals surface area contributed by atoms with E-state index < -0.39 is 17.4 Å². The molecule has 0 bridgehead atoms. The Labute approximate surface area is 112 Å². The topological polar surface area (TPSA) is 75.4 Å². The first-order valence-corrected chi connectivity index (χ1v) is 6.35. The van der Waals surface area contributed by atoms with E-state index in [1.165, 1.54) is 15.8 Å². The molecule has 1 aliphatic heterocycles. The molecule has 2 heterocycles. The smallest absolute Gasteiger partial charge is 0.326 e. The number of likely N-dealkylation sites (tertiary alicyclic amines) is 1. The number of amides is 1. The van der Waals surface area contributed by atoms with Crippen molar-refractivity contribution in [3.63, 3.8) is 0 Å². The van der Waals surface area contributed by atoms with Gasteiger partial charge in [-0.3, -0.25) is 9.48 Å². The zero-order valence-electron chi connectivity index (χ0n) is 11.5. The minimum atomic E-state index is -0.943. The van der Waals surface area contributed by atoms with Gasteiger partial charge in [-0.05, 0) is 18.3 Å². The van der Waals surface area contributed by atoms with Gasteiger partial charge in [-0.25, -0.2) is 4.79 Å². The maximum Gasteiger partial charge on any atom is 0.326 e. The molecule has 0 spiro atoms. The second kappa shape index (κ2) is 4.68. The number of aryl methyl sites for hydroxylation is 1. The molecule has 1 unspecified atom stereocenters. The Balaban J connectivity index is 2.31. The van der Waals surface area contributed by atoms with Gasteiger partial charge in [0.25, 0.3) is 5.91 Å². The Morgan fingerprint density at radius 2 is 2.16 bits per heavy atom. The summed E-state index contributed by atoms with van der Waals surface area (Å²) in [6.45, 7) is 4.27. The van der Waals surface area contributed by atoms with Gasteiger partial charge >= 0.3 is 5.97 Å². The first kappa shape index (κ1) is 13.6. The van der Waals surface area contributed by atoms with Gasteiger partial charge < -0.3 is 10.0 Å². The van der Waals surface area contributed by atoms with Crippen molar-refractivity contribution in [2.24, 2.45) is 12.5 Å². The van der Waals surface area contributed by atoms with Crippen LogP contribution in [-0.4, -0.2) is 44.3 Å². The third-order valence-electron chi connectivity index (χ3n) is 3.72. The number of piperidine rings is 1. The molecule has 1 saturated heterocycles. The van der Waals surface area contributed by atoms with E-state index in [0.29, 0.717) is 12.1 Å². The number of aliphatic carboxylic acids is 1. The number of carbonyl (C=O) groups is 2. The monoisotopic (exact) mass is 265 g/mol. The Bertz CT molecular complexity index is 507. The summed E-state index contributed by atoms with van der Waals surface area (Å²) in [5, 5.41) is 13.4. The molecule has 0 aliphatic carbocycles. The summed E-state index contributed by atoms with van der Waals surface area (Å²) in [5.74, 6) is -1.20. The third kappa shape index (κ3) is 2.47. The van der Waals surface area contributed by atoms with E-state index in [4.69, 9.17) is 0 Å². The lowest BCUT2D eigenvalue weighted by molar-refractivity contribution is -0.148. The van der Waals surface area contributed by atoms with Gasteiger partial charge in [0.05, 0.1) is 11.8 Å². The minimum Gasteiger partial charge on any atom is -0.480 e. The molecule has 1 amide bonds. The summed E-state index contributed by atoms with van der Waals surface area (Å²) in [5.41, 5.74) is 0.0218. The highest BCUT2D eigenvalue weighted by Gasteiger charge is 2.44. The highest BCUT2D eigenvalue weighted by molar-refractivity contribution is 5.96. The van der Waals surface area contributed by atoms with E-state index in [1.807, 2.05) is 13.8 Å². The molecule has 1 fully saturated rings. The highest BCUT2D eigenvalue weighted by Crippen LogP contribution is 2.35. The molecule has 104 valence electrons. The molecule has 1 aliphatic rings. The fourth-order valence-corrected chi connectivity index (χ4v) is 2.78. The molecule has 19 heavy (non-hydrogen) atoms. The standard InChI is InChI=1S/C13H19N3O3/c1-13(2)5-4-6-16(10(13)12(18)19)11(17)9-7-14-15(3)8-9/h7-8,10H,4-6H2,1-3H3,(H,18,19). The van der Waals surface area contributed by atoms with Crippen molar-refractivity contribution in [2.75, 3.05) is 6.54 Å². The van der Waals surface area contributed by atoms with E-state index in [2.05, 4.69) is 5.10 Å². The first-order valence-electron chi connectivity index (χ1n) is 6.35. The molecule has 0 saturated carbocycles. The van der Waals surface area contributed by atoms with Crippen LogP contribution < -0.4 is 0 Å². The average Bonchev–Trinajstić information content (AvgIpc) is 2.72. The van der Waals surface area contributed by atoms with Gasteiger partial charge in [-0.15, -0.1) is 0 Å². The molecule has 2 rings (SSSR count). The zero-order valence-corrected chi connectivity index (χ0v) is 11.5. The number of carboxylic acids is 1. The molecule has 1 atom stereocenters. The van der Waals surface area contributed by atoms with Gasteiger partial charge in [0.2, 0.25) is 0 Å². The van der Waals surface area contributed by atoms with Gasteiger partial charge in [0.15, 0.2) is 0 Å². The summed E-state index contributed by atoms with van der Waals surface area (Å²) in [4.78, 5) is 25.4. The molecular weight excluding hydrogens is 246 g/mol. The fraction of sp³-hybridized carbons (Fsp3) is 0.615. The van der Waals surface area contributed by atoms with E-state index >= 15 is 0 Å². The lowest BCUT2D eigenvalue weighted by Gasteiger charge is -2.43.